The van der Waals surface area contributed by atoms with E-state index in [1.54, 1.807) is 12.0 Å². The van der Waals surface area contributed by atoms with Gasteiger partial charge in [0, 0.05) is 56.6 Å². The fourth-order valence-corrected chi connectivity index (χ4v) is 6.33. The first-order valence-electron chi connectivity index (χ1n) is 12.8. The van der Waals surface area contributed by atoms with Crippen molar-refractivity contribution >= 4 is 17.8 Å². The van der Waals surface area contributed by atoms with Crippen LogP contribution in [0.2, 0.25) is 0 Å². The quantitative estimate of drug-likeness (QED) is 0.280. The van der Waals surface area contributed by atoms with Crippen molar-refractivity contribution in [2.45, 2.75) is 76.7 Å². The third-order valence-electron chi connectivity index (χ3n) is 8.54. The van der Waals surface area contributed by atoms with Crippen molar-refractivity contribution in [2.75, 3.05) is 20.2 Å². The molecule has 3 fully saturated rings. The molecule has 3 aliphatic rings. The van der Waals surface area contributed by atoms with Gasteiger partial charge in [-0.1, -0.05) is 13.8 Å². The Hall–Kier alpha value is -1.50. The number of nitrogens with zero attached hydrogens (tertiary/aromatic N) is 2. The maximum Gasteiger partial charge on any atom is 1.00 e. The van der Waals surface area contributed by atoms with Crippen molar-refractivity contribution in [1.29, 1.82) is 0 Å². The number of piperidine rings is 1. The molecule has 1 aromatic heterocycles. The van der Waals surface area contributed by atoms with E-state index in [1.165, 1.54) is 12.5 Å². The number of likely N-dealkylation sites (tertiary alicyclic amines) is 1. The molecule has 1 aliphatic carbocycles. The molecule has 7 unspecified atom stereocenters. The van der Waals surface area contributed by atoms with Crippen LogP contribution in [0.1, 0.15) is 58.6 Å². The molecule has 12 heteroatoms. The number of carboxylic acid groups (broad SMARTS) is 1. The number of carbonyl (C=O) groups is 3. The number of aromatic nitrogens is 2. The van der Waals surface area contributed by atoms with Crippen LogP contribution >= 0.6 is 0 Å². The van der Waals surface area contributed by atoms with Crippen molar-refractivity contribution in [1.82, 2.24) is 20.2 Å². The Morgan fingerprint density at radius 2 is 2.05 bits per heavy atom. The standard InChI is InChI=1S/C25H38N4O7.Na/c1-15-5-6-19-16(2)22(31)29(13-25(19)18(15)7-9-24(3,34-4)35-36-25)10-8-21(30)28-20(23(32)33)11-17-12-26-14-27-17;/h12,14-16,18-20H,5-11,13H2,1-4H3,(H,26,27)(H,28,30)(H,32,33);/q;+1/p-1. The van der Waals surface area contributed by atoms with Crippen LogP contribution in [0.5, 0.6) is 0 Å². The van der Waals surface area contributed by atoms with E-state index in [0.29, 0.717) is 24.6 Å². The Bertz CT molecular complexity index is 963. The topological polar surface area (TPSA) is 146 Å². The van der Waals surface area contributed by atoms with E-state index >= 15 is 0 Å². The van der Waals surface area contributed by atoms with Gasteiger partial charge in [-0.05, 0) is 38.0 Å². The molecule has 200 valence electrons. The summed E-state index contributed by atoms with van der Waals surface area (Å²) in [5, 5.41) is 14.1. The van der Waals surface area contributed by atoms with Gasteiger partial charge in [-0.25, -0.2) is 14.8 Å². The second-order valence-electron chi connectivity index (χ2n) is 10.8. The summed E-state index contributed by atoms with van der Waals surface area (Å²) < 4.78 is 5.58. The average molecular weight is 529 g/mol. The smallest absolute Gasteiger partial charge is 0.548 e. The molecule has 1 spiro atoms. The van der Waals surface area contributed by atoms with Gasteiger partial charge in [0.25, 0.3) is 0 Å². The number of aliphatic carboxylic acids is 1. The van der Waals surface area contributed by atoms with Crippen LogP contribution in [0.3, 0.4) is 0 Å². The summed E-state index contributed by atoms with van der Waals surface area (Å²) in [6, 6.07) is -1.20. The molecule has 3 heterocycles. The van der Waals surface area contributed by atoms with Gasteiger partial charge < -0.3 is 29.8 Å². The predicted octanol–water partition coefficient (Wildman–Crippen LogP) is -2.43. The number of carboxylic acids is 1. The van der Waals surface area contributed by atoms with Gasteiger partial charge in [-0.2, -0.15) is 0 Å². The molecule has 11 nitrogen and oxygen atoms in total. The Morgan fingerprint density at radius 3 is 2.70 bits per heavy atom. The van der Waals surface area contributed by atoms with Crippen molar-refractivity contribution in [3.8, 4) is 0 Å². The number of hydrogen-bond donors (Lipinski definition) is 2. The van der Waals surface area contributed by atoms with Crippen LogP contribution < -0.4 is 40.0 Å². The third kappa shape index (κ3) is 6.23. The molecule has 2 amide bonds. The first kappa shape index (κ1) is 30.0. The van der Waals surface area contributed by atoms with Crippen LogP contribution in [0.25, 0.3) is 0 Å². The minimum absolute atomic E-state index is 0. The first-order chi connectivity index (χ1) is 17.1. The molecule has 0 aromatic carbocycles. The Kier molecular flexibility index (Phi) is 9.85. The number of H-pyrrole nitrogens is 1. The van der Waals surface area contributed by atoms with Gasteiger partial charge >= 0.3 is 29.6 Å². The maximum atomic E-state index is 13.3. The summed E-state index contributed by atoms with van der Waals surface area (Å²) in [4.78, 5) is 58.1. The van der Waals surface area contributed by atoms with Crippen LogP contribution in [0.4, 0.5) is 0 Å². The minimum Gasteiger partial charge on any atom is -0.548 e. The fourth-order valence-electron chi connectivity index (χ4n) is 6.33. The molecule has 37 heavy (non-hydrogen) atoms. The number of methoxy groups -OCH3 is 1. The van der Waals surface area contributed by atoms with Crippen molar-refractivity contribution in [3.63, 3.8) is 0 Å². The zero-order chi connectivity index (χ0) is 26.1. The summed E-state index contributed by atoms with van der Waals surface area (Å²) in [5.41, 5.74) is -0.118. The summed E-state index contributed by atoms with van der Waals surface area (Å²) in [7, 11) is 1.60. The molecule has 1 saturated carbocycles. The first-order valence-corrected chi connectivity index (χ1v) is 12.8. The fraction of sp³-hybridized carbons (Fsp3) is 0.760. The Labute approximate surface area is 239 Å². The number of nitrogens with one attached hydrogen (secondary N) is 2. The van der Waals surface area contributed by atoms with Gasteiger partial charge in [0.15, 0.2) is 5.79 Å². The van der Waals surface area contributed by atoms with E-state index in [9.17, 15) is 19.5 Å². The second kappa shape index (κ2) is 12.1. The van der Waals surface area contributed by atoms with Crippen LogP contribution in [-0.2, 0) is 35.3 Å². The number of hydrogen-bond acceptors (Lipinski definition) is 8. The van der Waals surface area contributed by atoms with E-state index in [-0.39, 0.29) is 72.6 Å². The zero-order valence-electron chi connectivity index (χ0n) is 22.5. The van der Waals surface area contributed by atoms with Crippen molar-refractivity contribution in [3.05, 3.63) is 18.2 Å². The number of amides is 2. The zero-order valence-corrected chi connectivity index (χ0v) is 24.5. The molecule has 2 saturated heterocycles. The molecule has 2 N–H and O–H groups in total. The van der Waals surface area contributed by atoms with Crippen LogP contribution in [-0.4, -0.2) is 70.3 Å². The molecular weight excluding hydrogens is 491 g/mol. The number of rotatable bonds is 8. The van der Waals surface area contributed by atoms with E-state index in [2.05, 4.69) is 22.2 Å². The normalized spacial score (nSPS) is 34.4. The average Bonchev–Trinajstić information content (AvgIpc) is 3.31. The van der Waals surface area contributed by atoms with Gasteiger partial charge in [0.1, 0.15) is 5.60 Å². The number of aromatic amines is 1. The number of imidazole rings is 1. The summed E-state index contributed by atoms with van der Waals surface area (Å²) in [6.45, 7) is 6.48. The van der Waals surface area contributed by atoms with Crippen LogP contribution in [0, 0.1) is 23.7 Å². The monoisotopic (exact) mass is 528 g/mol. The predicted molar refractivity (Wildman–Crippen MR) is 125 cm³/mol. The molecule has 0 radical (unpaired) electrons. The largest absolute Gasteiger partial charge is 1.00 e. The van der Waals surface area contributed by atoms with Gasteiger partial charge in [-0.3, -0.25) is 9.59 Å². The van der Waals surface area contributed by atoms with Crippen molar-refractivity contribution < 1.29 is 63.6 Å². The van der Waals surface area contributed by atoms with Gasteiger partial charge in [-0.15, -0.1) is 0 Å². The maximum absolute atomic E-state index is 13.3. The Balaban J connectivity index is 0.00000380. The minimum atomic E-state index is -1.38. The molecule has 4 rings (SSSR count). The third-order valence-corrected chi connectivity index (χ3v) is 8.54. The van der Waals surface area contributed by atoms with E-state index in [1.807, 2.05) is 13.8 Å². The Morgan fingerprint density at radius 1 is 1.30 bits per heavy atom. The number of carbonyl (C=O) groups excluding carboxylic acids is 3. The van der Waals surface area contributed by atoms with Crippen molar-refractivity contribution in [2.24, 2.45) is 23.7 Å². The summed E-state index contributed by atoms with van der Waals surface area (Å²) in [5.74, 6) is -2.45. The summed E-state index contributed by atoms with van der Waals surface area (Å²) in [6.07, 6.45) is 6.34. The second-order valence-corrected chi connectivity index (χ2v) is 10.8. The van der Waals surface area contributed by atoms with Gasteiger partial charge in [0.05, 0.1) is 24.9 Å². The van der Waals surface area contributed by atoms with E-state index in [0.717, 1.165) is 19.3 Å². The molecule has 7 atom stereocenters. The summed E-state index contributed by atoms with van der Waals surface area (Å²) >= 11 is 0. The molecule has 1 aromatic rings. The van der Waals surface area contributed by atoms with Crippen LogP contribution in [0.15, 0.2) is 12.5 Å². The molecule has 2 aliphatic heterocycles. The number of ether oxygens (including phenoxy) is 1. The SMILES string of the molecule is COC1(C)CCC2C(C)CCC3C(C)C(=O)N(CCC(=O)NC(Cc4cnc[nH]4)C(=O)[O-])CC23OO1.[Na+]. The molecule has 0 bridgehead atoms. The van der Waals surface area contributed by atoms with E-state index < -0.39 is 29.3 Å². The van der Waals surface area contributed by atoms with Gasteiger partial charge in [0.2, 0.25) is 11.8 Å². The molecular formula is C25H37N4NaO7. The van der Waals surface area contributed by atoms with E-state index in [4.69, 9.17) is 14.5 Å².